The molecule has 0 fully saturated rings. The molecule has 0 aliphatic carbocycles. The first-order chi connectivity index (χ1) is 12.2. The molecule has 0 saturated carbocycles. The molecule has 0 spiro atoms. The normalized spacial score (nSPS) is 11.4. The van der Waals surface area contributed by atoms with Crippen molar-refractivity contribution < 1.29 is 17.9 Å². The lowest BCUT2D eigenvalue weighted by molar-refractivity contribution is 0.102. The van der Waals surface area contributed by atoms with E-state index in [1.165, 1.54) is 25.3 Å². The van der Waals surface area contributed by atoms with E-state index in [-0.39, 0.29) is 16.5 Å². The zero-order valence-corrected chi connectivity index (χ0v) is 16.3. The monoisotopic (exact) mass is 396 g/mol. The summed E-state index contributed by atoms with van der Waals surface area (Å²) >= 11 is 5.82. The quantitative estimate of drug-likeness (QED) is 0.749. The summed E-state index contributed by atoms with van der Waals surface area (Å²) in [4.78, 5) is 12.4. The van der Waals surface area contributed by atoms with Gasteiger partial charge in [-0.1, -0.05) is 25.4 Å². The van der Waals surface area contributed by atoms with Gasteiger partial charge in [0.1, 0.15) is 5.75 Å². The number of amides is 1. The molecule has 0 atom stereocenters. The molecule has 0 saturated heterocycles. The van der Waals surface area contributed by atoms with Crippen molar-refractivity contribution in [3.05, 3.63) is 53.1 Å². The first-order valence-electron chi connectivity index (χ1n) is 7.97. The molecule has 2 aromatic rings. The van der Waals surface area contributed by atoms with Crippen molar-refractivity contribution in [2.45, 2.75) is 18.7 Å². The minimum Gasteiger partial charge on any atom is -0.495 e. The van der Waals surface area contributed by atoms with Crippen LogP contribution in [0, 0.1) is 5.92 Å². The van der Waals surface area contributed by atoms with Crippen LogP contribution in [0.3, 0.4) is 0 Å². The molecule has 26 heavy (non-hydrogen) atoms. The predicted octanol–water partition coefficient (Wildman–Crippen LogP) is 3.54. The van der Waals surface area contributed by atoms with Gasteiger partial charge in [-0.3, -0.25) is 4.79 Å². The number of benzene rings is 2. The van der Waals surface area contributed by atoms with Gasteiger partial charge < -0.3 is 10.1 Å². The highest BCUT2D eigenvalue weighted by Gasteiger charge is 2.18. The Hall–Kier alpha value is -2.09. The van der Waals surface area contributed by atoms with Gasteiger partial charge in [-0.25, -0.2) is 13.1 Å². The minimum atomic E-state index is -3.68. The number of rotatable bonds is 7. The molecule has 0 heterocycles. The Bertz CT molecular complexity index is 881. The van der Waals surface area contributed by atoms with Crippen molar-refractivity contribution in [2.75, 3.05) is 19.0 Å². The fraction of sp³-hybridized carbons (Fsp3) is 0.278. The van der Waals surface area contributed by atoms with E-state index < -0.39 is 15.9 Å². The molecule has 0 bridgehead atoms. The third-order valence-electron chi connectivity index (χ3n) is 3.52. The Morgan fingerprint density at radius 2 is 1.81 bits per heavy atom. The third kappa shape index (κ3) is 5.20. The van der Waals surface area contributed by atoms with Crippen molar-refractivity contribution in [3.63, 3.8) is 0 Å². The first kappa shape index (κ1) is 20.2. The Morgan fingerprint density at radius 1 is 1.15 bits per heavy atom. The largest absolute Gasteiger partial charge is 0.495 e. The summed E-state index contributed by atoms with van der Waals surface area (Å²) in [7, 11) is -2.24. The molecule has 1 amide bonds. The molecule has 140 valence electrons. The SMILES string of the molecule is COc1ccc(S(=O)(=O)NCC(C)C)cc1NC(=O)c1ccc(Cl)cc1. The number of anilines is 1. The molecule has 2 N–H and O–H groups in total. The number of carbonyl (C=O) groups excluding carboxylic acids is 1. The van der Waals surface area contributed by atoms with Crippen molar-refractivity contribution in [3.8, 4) is 5.75 Å². The van der Waals surface area contributed by atoms with E-state index in [0.29, 0.717) is 22.9 Å². The van der Waals surface area contributed by atoms with Crippen LogP contribution in [0.2, 0.25) is 5.02 Å². The molecule has 0 unspecified atom stereocenters. The molecule has 0 radical (unpaired) electrons. The van der Waals surface area contributed by atoms with Crippen LogP contribution in [0.1, 0.15) is 24.2 Å². The number of carbonyl (C=O) groups is 1. The van der Waals surface area contributed by atoms with Crippen LogP contribution in [0.25, 0.3) is 0 Å². The third-order valence-corrected chi connectivity index (χ3v) is 5.19. The van der Waals surface area contributed by atoms with E-state index in [9.17, 15) is 13.2 Å². The van der Waals surface area contributed by atoms with E-state index in [4.69, 9.17) is 16.3 Å². The summed E-state index contributed by atoms with van der Waals surface area (Å²) in [5, 5.41) is 3.19. The number of halogens is 1. The first-order valence-corrected chi connectivity index (χ1v) is 9.83. The second-order valence-electron chi connectivity index (χ2n) is 6.07. The van der Waals surface area contributed by atoms with E-state index in [1.807, 2.05) is 13.8 Å². The van der Waals surface area contributed by atoms with Gasteiger partial charge >= 0.3 is 0 Å². The molecular formula is C18H21ClN2O4S. The Labute approximate surface area is 158 Å². The summed E-state index contributed by atoms with van der Waals surface area (Å²) in [6.07, 6.45) is 0. The average Bonchev–Trinajstić information content (AvgIpc) is 2.60. The smallest absolute Gasteiger partial charge is 0.255 e. The number of ether oxygens (including phenoxy) is 1. The summed E-state index contributed by atoms with van der Waals surface area (Å²) in [5.74, 6) is 0.131. The van der Waals surface area contributed by atoms with E-state index in [2.05, 4.69) is 10.0 Å². The van der Waals surface area contributed by atoms with E-state index in [1.54, 1.807) is 24.3 Å². The lowest BCUT2D eigenvalue weighted by atomic mass is 10.2. The molecule has 0 aliphatic rings. The average molecular weight is 397 g/mol. The molecule has 8 heteroatoms. The maximum atomic E-state index is 12.4. The zero-order chi connectivity index (χ0) is 19.3. The van der Waals surface area contributed by atoms with Crippen LogP contribution in [0.15, 0.2) is 47.4 Å². The van der Waals surface area contributed by atoms with Crippen molar-refractivity contribution in [1.29, 1.82) is 0 Å². The molecule has 6 nitrogen and oxygen atoms in total. The summed E-state index contributed by atoms with van der Waals surface area (Å²) in [6.45, 7) is 4.14. The summed E-state index contributed by atoms with van der Waals surface area (Å²) < 4.78 is 32.6. The van der Waals surface area contributed by atoms with Crippen LogP contribution >= 0.6 is 11.6 Å². The van der Waals surface area contributed by atoms with Gasteiger partial charge in [0.05, 0.1) is 17.7 Å². The highest BCUT2D eigenvalue weighted by Crippen LogP contribution is 2.28. The second-order valence-corrected chi connectivity index (χ2v) is 8.27. The van der Waals surface area contributed by atoms with Crippen LogP contribution in [0.4, 0.5) is 5.69 Å². The van der Waals surface area contributed by atoms with Gasteiger partial charge in [-0.15, -0.1) is 0 Å². The predicted molar refractivity (Wildman–Crippen MR) is 102 cm³/mol. The maximum absolute atomic E-state index is 12.4. The van der Waals surface area contributed by atoms with E-state index in [0.717, 1.165) is 0 Å². The van der Waals surface area contributed by atoms with Crippen LogP contribution in [0.5, 0.6) is 5.75 Å². The highest BCUT2D eigenvalue weighted by atomic mass is 35.5. The van der Waals surface area contributed by atoms with Gasteiger partial charge in [0.2, 0.25) is 10.0 Å². The molecule has 0 aliphatic heterocycles. The minimum absolute atomic E-state index is 0.0466. The van der Waals surface area contributed by atoms with Crippen LogP contribution in [-0.4, -0.2) is 28.0 Å². The van der Waals surface area contributed by atoms with Crippen LogP contribution in [-0.2, 0) is 10.0 Å². The fourth-order valence-corrected chi connectivity index (χ4v) is 3.47. The van der Waals surface area contributed by atoms with Gasteiger partial charge in [-0.2, -0.15) is 0 Å². The fourth-order valence-electron chi connectivity index (χ4n) is 2.11. The maximum Gasteiger partial charge on any atom is 0.255 e. The van der Waals surface area contributed by atoms with Crippen molar-refractivity contribution >= 4 is 33.2 Å². The van der Waals surface area contributed by atoms with Gasteiger partial charge in [0.25, 0.3) is 5.91 Å². The second kappa shape index (κ2) is 8.53. The Morgan fingerprint density at radius 3 is 2.38 bits per heavy atom. The number of sulfonamides is 1. The molecule has 0 aromatic heterocycles. The Kier molecular flexibility index (Phi) is 6.63. The molecule has 2 rings (SSSR count). The Balaban J connectivity index is 2.29. The lowest BCUT2D eigenvalue weighted by Crippen LogP contribution is -2.27. The summed E-state index contributed by atoms with van der Waals surface area (Å²) in [5.41, 5.74) is 0.655. The summed E-state index contributed by atoms with van der Waals surface area (Å²) in [6, 6.07) is 10.7. The number of nitrogens with one attached hydrogen (secondary N) is 2. The van der Waals surface area contributed by atoms with Gasteiger partial charge in [0, 0.05) is 17.1 Å². The molecular weight excluding hydrogens is 376 g/mol. The van der Waals surface area contributed by atoms with Gasteiger partial charge in [-0.05, 0) is 48.4 Å². The van der Waals surface area contributed by atoms with Gasteiger partial charge in [0.15, 0.2) is 0 Å². The topological polar surface area (TPSA) is 84.5 Å². The van der Waals surface area contributed by atoms with Crippen molar-refractivity contribution in [2.24, 2.45) is 5.92 Å². The lowest BCUT2D eigenvalue weighted by Gasteiger charge is -2.14. The standard InChI is InChI=1S/C18H21ClN2O4S/c1-12(2)11-20-26(23,24)15-8-9-17(25-3)16(10-15)21-18(22)13-4-6-14(19)7-5-13/h4-10,12,20H,11H2,1-3H3,(H,21,22). The zero-order valence-electron chi connectivity index (χ0n) is 14.7. The number of methoxy groups -OCH3 is 1. The molecule has 2 aromatic carbocycles. The van der Waals surface area contributed by atoms with E-state index >= 15 is 0 Å². The van der Waals surface area contributed by atoms with Crippen LogP contribution < -0.4 is 14.8 Å². The van der Waals surface area contributed by atoms with Crippen molar-refractivity contribution in [1.82, 2.24) is 4.72 Å². The number of hydrogen-bond donors (Lipinski definition) is 2. The number of hydrogen-bond acceptors (Lipinski definition) is 4. The highest BCUT2D eigenvalue weighted by molar-refractivity contribution is 7.89.